The number of methoxy groups -OCH3 is 1. The Balaban J connectivity index is 1.98. The molecule has 2 rings (SSSR count). The molecule has 0 spiro atoms. The average Bonchev–Trinajstić information content (AvgIpc) is 2.38. The van der Waals surface area contributed by atoms with E-state index in [-0.39, 0.29) is 11.9 Å². The summed E-state index contributed by atoms with van der Waals surface area (Å²) in [4.78, 5) is 13.7. The molecule has 0 aliphatic carbocycles. The van der Waals surface area contributed by atoms with Gasteiger partial charge in [-0.25, -0.2) is 0 Å². The van der Waals surface area contributed by atoms with Crippen LogP contribution in [0.2, 0.25) is 0 Å². The largest absolute Gasteiger partial charge is 0.469 e. The number of rotatable bonds is 3. The van der Waals surface area contributed by atoms with Gasteiger partial charge in [-0.1, -0.05) is 30.3 Å². The lowest BCUT2D eigenvalue weighted by molar-refractivity contribution is -0.149. The van der Waals surface area contributed by atoms with Crippen molar-refractivity contribution in [1.29, 1.82) is 0 Å². The molecule has 0 bridgehead atoms. The van der Waals surface area contributed by atoms with Crippen LogP contribution in [-0.4, -0.2) is 42.3 Å². The van der Waals surface area contributed by atoms with Gasteiger partial charge in [0.25, 0.3) is 0 Å². The van der Waals surface area contributed by atoms with E-state index < -0.39 is 6.10 Å². The van der Waals surface area contributed by atoms with Crippen molar-refractivity contribution in [1.82, 2.24) is 4.90 Å². The molecule has 1 heterocycles. The summed E-state index contributed by atoms with van der Waals surface area (Å²) in [6, 6.07) is 10.1. The second-order valence-corrected chi connectivity index (χ2v) is 4.79. The highest BCUT2D eigenvalue weighted by atomic mass is 16.5. The number of carbonyl (C=O) groups excluding carboxylic acids is 1. The van der Waals surface area contributed by atoms with Gasteiger partial charge < -0.3 is 9.84 Å². The van der Waals surface area contributed by atoms with Gasteiger partial charge in [0.05, 0.1) is 19.1 Å². The summed E-state index contributed by atoms with van der Waals surface area (Å²) in [7, 11) is 1.39. The molecule has 18 heavy (non-hydrogen) atoms. The number of aliphatic hydroxyl groups is 1. The quantitative estimate of drug-likeness (QED) is 0.813. The van der Waals surface area contributed by atoms with Gasteiger partial charge in [-0.3, -0.25) is 9.69 Å². The van der Waals surface area contributed by atoms with Gasteiger partial charge >= 0.3 is 5.97 Å². The van der Waals surface area contributed by atoms with Crippen LogP contribution in [0.25, 0.3) is 0 Å². The summed E-state index contributed by atoms with van der Waals surface area (Å²) in [5, 5.41) is 9.82. The molecule has 2 atom stereocenters. The minimum Gasteiger partial charge on any atom is -0.469 e. The third-order valence-electron chi connectivity index (χ3n) is 3.29. The van der Waals surface area contributed by atoms with Crippen LogP contribution in [0.5, 0.6) is 0 Å². The first-order valence-corrected chi connectivity index (χ1v) is 6.21. The summed E-state index contributed by atoms with van der Waals surface area (Å²) in [5.41, 5.74) is 1.19. The van der Waals surface area contributed by atoms with Crippen molar-refractivity contribution in [2.24, 2.45) is 5.92 Å². The first kappa shape index (κ1) is 13.1. The molecule has 1 saturated heterocycles. The highest BCUT2D eigenvalue weighted by Crippen LogP contribution is 2.20. The zero-order valence-electron chi connectivity index (χ0n) is 10.6. The van der Waals surface area contributed by atoms with Crippen LogP contribution < -0.4 is 0 Å². The number of nitrogens with zero attached hydrogens (tertiary/aromatic N) is 1. The summed E-state index contributed by atoms with van der Waals surface area (Å²) in [6.07, 6.45) is 0.0457. The zero-order valence-corrected chi connectivity index (χ0v) is 10.6. The molecule has 4 nitrogen and oxygen atoms in total. The van der Waals surface area contributed by atoms with Crippen molar-refractivity contribution < 1.29 is 14.6 Å². The minimum absolute atomic E-state index is 0.220. The molecule has 0 aromatic heterocycles. The summed E-state index contributed by atoms with van der Waals surface area (Å²) >= 11 is 0. The maximum absolute atomic E-state index is 11.6. The Hall–Kier alpha value is -1.39. The highest BCUT2D eigenvalue weighted by molar-refractivity contribution is 5.72. The number of aliphatic hydroxyl groups excluding tert-OH is 1. The van der Waals surface area contributed by atoms with Gasteiger partial charge in [0.1, 0.15) is 0 Å². The molecule has 0 unspecified atom stereocenters. The first-order valence-electron chi connectivity index (χ1n) is 6.21. The number of piperidine rings is 1. The molecular formula is C14H19NO3. The van der Waals surface area contributed by atoms with Crippen molar-refractivity contribution in [2.75, 3.05) is 20.2 Å². The fourth-order valence-corrected chi connectivity index (χ4v) is 2.47. The molecule has 0 amide bonds. The Morgan fingerprint density at radius 2 is 2.11 bits per heavy atom. The predicted octanol–water partition coefficient (Wildman–Crippen LogP) is 1.04. The molecule has 1 fully saturated rings. The van der Waals surface area contributed by atoms with Crippen molar-refractivity contribution in [2.45, 2.75) is 19.1 Å². The molecule has 1 N–H and O–H groups in total. The smallest absolute Gasteiger partial charge is 0.310 e. The molecular weight excluding hydrogens is 230 g/mol. The topological polar surface area (TPSA) is 49.8 Å². The van der Waals surface area contributed by atoms with E-state index in [2.05, 4.69) is 4.90 Å². The Bertz CT molecular complexity index is 393. The van der Waals surface area contributed by atoms with Crippen LogP contribution in [0, 0.1) is 5.92 Å². The van der Waals surface area contributed by atoms with Gasteiger partial charge in [0.2, 0.25) is 0 Å². The maximum atomic E-state index is 11.6. The van der Waals surface area contributed by atoms with Gasteiger partial charge in [0.15, 0.2) is 0 Å². The van der Waals surface area contributed by atoms with Crippen LogP contribution in [0.1, 0.15) is 12.0 Å². The van der Waals surface area contributed by atoms with Crippen molar-refractivity contribution >= 4 is 5.97 Å². The Labute approximate surface area is 107 Å². The van der Waals surface area contributed by atoms with E-state index in [1.807, 2.05) is 30.3 Å². The van der Waals surface area contributed by atoms with Crippen LogP contribution >= 0.6 is 0 Å². The molecule has 1 aliphatic heterocycles. The minimum atomic E-state index is -0.452. The van der Waals surface area contributed by atoms with Gasteiger partial charge in [0, 0.05) is 19.6 Å². The third-order valence-corrected chi connectivity index (χ3v) is 3.29. The average molecular weight is 249 g/mol. The predicted molar refractivity (Wildman–Crippen MR) is 67.8 cm³/mol. The second-order valence-electron chi connectivity index (χ2n) is 4.79. The van der Waals surface area contributed by atoms with Crippen molar-refractivity contribution in [3.63, 3.8) is 0 Å². The number of benzene rings is 1. The van der Waals surface area contributed by atoms with Gasteiger partial charge in [-0.05, 0) is 12.0 Å². The van der Waals surface area contributed by atoms with Crippen LogP contribution in [0.15, 0.2) is 30.3 Å². The van der Waals surface area contributed by atoms with E-state index in [0.29, 0.717) is 19.5 Å². The number of esters is 1. The van der Waals surface area contributed by atoms with Crippen molar-refractivity contribution in [3.05, 3.63) is 35.9 Å². The number of carbonyl (C=O) groups is 1. The first-order chi connectivity index (χ1) is 8.69. The molecule has 1 aliphatic rings. The summed E-state index contributed by atoms with van der Waals surface area (Å²) in [5.74, 6) is -0.450. The number of likely N-dealkylation sites (tertiary alicyclic amines) is 1. The Morgan fingerprint density at radius 1 is 1.39 bits per heavy atom. The van der Waals surface area contributed by atoms with E-state index >= 15 is 0 Å². The SMILES string of the molecule is COC(=O)[C@H]1C[C@H](O)CN(Cc2ccccc2)C1. The van der Waals surface area contributed by atoms with Crippen LogP contribution in [0.3, 0.4) is 0 Å². The number of β-amino-alcohol motifs (C(OH)–C–C–N with tert-alkyl or cyclic N) is 1. The van der Waals surface area contributed by atoms with Gasteiger partial charge in [-0.2, -0.15) is 0 Å². The van der Waals surface area contributed by atoms with E-state index in [9.17, 15) is 9.90 Å². The number of hydrogen-bond acceptors (Lipinski definition) is 4. The molecule has 1 aromatic carbocycles. The molecule has 1 aromatic rings. The second kappa shape index (κ2) is 5.98. The summed E-state index contributed by atoms with van der Waals surface area (Å²) in [6.45, 7) is 2.02. The lowest BCUT2D eigenvalue weighted by atomic mass is 9.95. The number of ether oxygens (including phenoxy) is 1. The maximum Gasteiger partial charge on any atom is 0.310 e. The highest BCUT2D eigenvalue weighted by Gasteiger charge is 2.31. The monoisotopic (exact) mass is 249 g/mol. The number of hydrogen-bond donors (Lipinski definition) is 1. The molecule has 0 saturated carbocycles. The van der Waals surface area contributed by atoms with E-state index in [1.165, 1.54) is 12.7 Å². The van der Waals surface area contributed by atoms with Crippen LogP contribution in [0.4, 0.5) is 0 Å². The Kier molecular flexibility index (Phi) is 4.33. The lowest BCUT2D eigenvalue weighted by Crippen LogP contribution is -2.45. The molecule has 0 radical (unpaired) electrons. The lowest BCUT2D eigenvalue weighted by Gasteiger charge is -2.34. The van der Waals surface area contributed by atoms with Crippen molar-refractivity contribution in [3.8, 4) is 0 Å². The third kappa shape index (κ3) is 3.31. The Morgan fingerprint density at radius 3 is 2.78 bits per heavy atom. The fourth-order valence-electron chi connectivity index (χ4n) is 2.47. The normalized spacial score (nSPS) is 24.8. The molecule has 4 heteroatoms. The summed E-state index contributed by atoms with van der Waals surface area (Å²) < 4.78 is 4.76. The molecule has 98 valence electrons. The standard InChI is InChI=1S/C14H19NO3/c1-18-14(17)12-7-13(16)10-15(9-12)8-11-5-3-2-4-6-11/h2-6,12-13,16H,7-10H2,1H3/t12-,13-/m0/s1. The van der Waals surface area contributed by atoms with E-state index in [1.54, 1.807) is 0 Å². The van der Waals surface area contributed by atoms with Crippen LogP contribution in [-0.2, 0) is 16.1 Å². The van der Waals surface area contributed by atoms with E-state index in [0.717, 1.165) is 6.54 Å². The fraction of sp³-hybridized carbons (Fsp3) is 0.500. The van der Waals surface area contributed by atoms with E-state index in [4.69, 9.17) is 4.74 Å². The zero-order chi connectivity index (χ0) is 13.0. The van der Waals surface area contributed by atoms with Gasteiger partial charge in [-0.15, -0.1) is 0 Å².